The van der Waals surface area contributed by atoms with E-state index < -0.39 is 12.0 Å². The fraction of sp³-hybridized carbons (Fsp3) is 0.304. The van der Waals surface area contributed by atoms with Crippen molar-refractivity contribution in [2.75, 3.05) is 12.3 Å². The minimum atomic E-state index is -3.42. The van der Waals surface area contributed by atoms with Gasteiger partial charge in [-0.1, -0.05) is 78.5 Å². The molecular formula is C23H23F2N5O2S. The summed E-state index contributed by atoms with van der Waals surface area (Å²) in [5, 5.41) is 24.0. The molecule has 1 aliphatic rings. The van der Waals surface area contributed by atoms with E-state index in [2.05, 4.69) is 20.6 Å². The van der Waals surface area contributed by atoms with Crippen LogP contribution in [0, 0.1) is 0 Å². The van der Waals surface area contributed by atoms with Crippen LogP contribution >= 0.6 is 11.8 Å². The summed E-state index contributed by atoms with van der Waals surface area (Å²) < 4.78 is 29.1. The molecule has 2 heterocycles. The summed E-state index contributed by atoms with van der Waals surface area (Å²) in [7, 11) is 0. The summed E-state index contributed by atoms with van der Waals surface area (Å²) in [5.41, 5.74) is 1.68. The lowest BCUT2D eigenvalue weighted by Crippen LogP contribution is -2.34. The lowest BCUT2D eigenvalue weighted by Gasteiger charge is -2.23. The monoisotopic (exact) mass is 471 g/mol. The van der Waals surface area contributed by atoms with Crippen molar-refractivity contribution in [2.45, 2.75) is 30.9 Å². The first-order valence-electron chi connectivity index (χ1n) is 10.5. The van der Waals surface area contributed by atoms with Gasteiger partial charge in [-0.05, 0) is 28.8 Å². The standard InChI is InChI=1S/C23H23F2N5O2S/c24-23(25,17-9-2-1-3-10-17)20(31)13-12-18-15-33-22(32)30(18)14-6-8-16-7-4-5-11-19(16)21-26-28-29-27-21/h1-5,7,9-13,18,20,31H,6,8,14-15H2,(H,26,27,28,29)/b13-12+. The number of aromatic nitrogens is 4. The molecule has 7 nitrogen and oxygen atoms in total. The van der Waals surface area contributed by atoms with Gasteiger partial charge in [-0.2, -0.15) is 8.78 Å². The summed E-state index contributed by atoms with van der Waals surface area (Å²) in [4.78, 5) is 14.0. The molecule has 3 aromatic rings. The molecule has 4 rings (SSSR count). The molecule has 1 saturated heterocycles. The first-order valence-corrected chi connectivity index (χ1v) is 11.5. The number of thioether (sulfide) groups is 1. The third kappa shape index (κ3) is 5.28. The Kier molecular flexibility index (Phi) is 7.14. The number of rotatable bonds is 9. The van der Waals surface area contributed by atoms with Gasteiger partial charge in [-0.15, -0.1) is 5.10 Å². The van der Waals surface area contributed by atoms with Gasteiger partial charge in [-0.3, -0.25) is 4.79 Å². The molecule has 2 unspecified atom stereocenters. The number of benzene rings is 2. The molecule has 1 aliphatic heterocycles. The van der Waals surface area contributed by atoms with Gasteiger partial charge in [0.25, 0.3) is 5.24 Å². The van der Waals surface area contributed by atoms with Crippen molar-refractivity contribution in [3.05, 3.63) is 77.9 Å². The van der Waals surface area contributed by atoms with Gasteiger partial charge in [0, 0.05) is 23.4 Å². The number of carbonyl (C=O) groups is 1. The van der Waals surface area contributed by atoms with Crippen LogP contribution < -0.4 is 0 Å². The second kappa shape index (κ2) is 10.2. The summed E-state index contributed by atoms with van der Waals surface area (Å²) in [6, 6.07) is 14.6. The van der Waals surface area contributed by atoms with Crippen molar-refractivity contribution in [2.24, 2.45) is 0 Å². The van der Waals surface area contributed by atoms with Crippen molar-refractivity contribution < 1.29 is 18.7 Å². The Balaban J connectivity index is 1.38. The van der Waals surface area contributed by atoms with E-state index in [-0.39, 0.29) is 16.8 Å². The van der Waals surface area contributed by atoms with Gasteiger partial charge in [0.1, 0.15) is 6.10 Å². The topological polar surface area (TPSA) is 95.0 Å². The van der Waals surface area contributed by atoms with Crippen LogP contribution in [0.5, 0.6) is 0 Å². The highest BCUT2D eigenvalue weighted by Gasteiger charge is 2.39. The maximum atomic E-state index is 14.5. The number of amides is 1. The van der Waals surface area contributed by atoms with Crippen molar-refractivity contribution in [3.63, 3.8) is 0 Å². The van der Waals surface area contributed by atoms with E-state index in [1.54, 1.807) is 11.0 Å². The Bertz CT molecular complexity index is 1100. The first-order chi connectivity index (χ1) is 16.0. The molecule has 2 aromatic carbocycles. The van der Waals surface area contributed by atoms with Gasteiger partial charge >= 0.3 is 5.92 Å². The molecule has 1 aromatic heterocycles. The molecule has 0 saturated carbocycles. The number of carbonyl (C=O) groups excluding carboxylic acids is 1. The zero-order valence-electron chi connectivity index (χ0n) is 17.6. The third-order valence-electron chi connectivity index (χ3n) is 5.52. The molecule has 0 bridgehead atoms. The number of hydrogen-bond acceptors (Lipinski definition) is 6. The highest BCUT2D eigenvalue weighted by molar-refractivity contribution is 8.13. The minimum Gasteiger partial charge on any atom is -0.382 e. The number of tetrazole rings is 1. The molecule has 2 N–H and O–H groups in total. The van der Waals surface area contributed by atoms with E-state index in [1.165, 1.54) is 30.3 Å². The predicted molar refractivity (Wildman–Crippen MR) is 122 cm³/mol. The summed E-state index contributed by atoms with van der Waals surface area (Å²) >= 11 is 1.15. The van der Waals surface area contributed by atoms with Crippen molar-refractivity contribution in [1.82, 2.24) is 25.5 Å². The molecule has 172 valence electrons. The zero-order valence-corrected chi connectivity index (χ0v) is 18.5. The molecule has 1 fully saturated rings. The molecular weight excluding hydrogens is 448 g/mol. The number of nitrogens with one attached hydrogen (secondary N) is 1. The van der Waals surface area contributed by atoms with Crippen molar-refractivity contribution >= 4 is 17.0 Å². The van der Waals surface area contributed by atoms with Crippen molar-refractivity contribution in [1.29, 1.82) is 0 Å². The van der Waals surface area contributed by atoms with Gasteiger partial charge < -0.3 is 10.0 Å². The van der Waals surface area contributed by atoms with Gasteiger partial charge in [0.05, 0.1) is 6.04 Å². The third-order valence-corrected chi connectivity index (χ3v) is 6.51. The maximum absolute atomic E-state index is 14.5. The van der Waals surface area contributed by atoms with Crippen LogP contribution in [0.1, 0.15) is 17.5 Å². The minimum absolute atomic E-state index is 0.0957. The molecule has 2 atom stereocenters. The average molecular weight is 472 g/mol. The van der Waals surface area contributed by atoms with Crippen LogP contribution in [0.15, 0.2) is 66.7 Å². The summed E-state index contributed by atoms with van der Waals surface area (Å²) in [6.07, 6.45) is 1.99. The summed E-state index contributed by atoms with van der Waals surface area (Å²) in [5.74, 6) is -2.38. The lowest BCUT2D eigenvalue weighted by atomic mass is 10.0. The smallest absolute Gasteiger partial charge is 0.302 e. The number of hydrogen-bond donors (Lipinski definition) is 2. The fourth-order valence-corrected chi connectivity index (χ4v) is 4.75. The Morgan fingerprint density at radius 3 is 2.73 bits per heavy atom. The van der Waals surface area contributed by atoms with E-state index in [9.17, 15) is 18.7 Å². The van der Waals surface area contributed by atoms with E-state index in [1.807, 2.05) is 24.3 Å². The SMILES string of the molecule is O=C1SCC(/C=C/C(O)C(F)(F)c2ccccc2)N1CCCc1ccccc1-c1nnn[nH]1. The molecule has 0 spiro atoms. The highest BCUT2D eigenvalue weighted by atomic mass is 32.2. The van der Waals surface area contributed by atoms with Gasteiger partial charge in [0.15, 0.2) is 5.82 Å². The number of H-pyrrole nitrogens is 1. The first kappa shape index (κ1) is 23.1. The lowest BCUT2D eigenvalue weighted by molar-refractivity contribution is -0.0929. The number of aromatic amines is 1. The summed E-state index contributed by atoms with van der Waals surface area (Å²) in [6.45, 7) is 0.467. The molecule has 0 aliphatic carbocycles. The van der Waals surface area contributed by atoms with E-state index in [4.69, 9.17) is 0 Å². The number of nitrogens with zero attached hydrogens (tertiary/aromatic N) is 4. The number of alkyl halides is 2. The van der Waals surface area contributed by atoms with Gasteiger partial charge in [0.2, 0.25) is 0 Å². The van der Waals surface area contributed by atoms with Crippen LogP contribution in [0.25, 0.3) is 11.4 Å². The quantitative estimate of drug-likeness (QED) is 0.458. The van der Waals surface area contributed by atoms with Gasteiger partial charge in [-0.25, -0.2) is 5.10 Å². The number of aliphatic hydroxyl groups excluding tert-OH is 1. The van der Waals surface area contributed by atoms with Crippen LogP contribution in [-0.4, -0.2) is 60.3 Å². The highest BCUT2D eigenvalue weighted by Crippen LogP contribution is 2.33. The van der Waals surface area contributed by atoms with E-state index in [0.717, 1.165) is 29.0 Å². The number of halogens is 2. The number of aryl methyl sites for hydroxylation is 1. The molecule has 33 heavy (non-hydrogen) atoms. The molecule has 0 radical (unpaired) electrons. The van der Waals surface area contributed by atoms with Crippen LogP contribution in [-0.2, 0) is 12.3 Å². The Labute approximate surface area is 193 Å². The maximum Gasteiger partial charge on any atom is 0.302 e. The van der Waals surface area contributed by atoms with Crippen molar-refractivity contribution in [3.8, 4) is 11.4 Å². The molecule has 10 heteroatoms. The zero-order chi connectivity index (χ0) is 23.3. The van der Waals surface area contributed by atoms with Crippen LogP contribution in [0.2, 0.25) is 0 Å². The second-order valence-electron chi connectivity index (χ2n) is 7.67. The second-order valence-corrected chi connectivity index (χ2v) is 8.64. The van der Waals surface area contributed by atoms with Crippen LogP contribution in [0.3, 0.4) is 0 Å². The van der Waals surface area contributed by atoms with E-state index >= 15 is 0 Å². The normalized spacial score (nSPS) is 17.7. The largest absolute Gasteiger partial charge is 0.382 e. The van der Waals surface area contributed by atoms with Crippen LogP contribution in [0.4, 0.5) is 13.6 Å². The Morgan fingerprint density at radius 1 is 1.21 bits per heavy atom. The Morgan fingerprint density at radius 2 is 1.97 bits per heavy atom. The number of aliphatic hydroxyl groups is 1. The average Bonchev–Trinajstić information content (AvgIpc) is 3.49. The molecule has 1 amide bonds. The predicted octanol–water partition coefficient (Wildman–Crippen LogP) is 4.05. The fourth-order valence-electron chi connectivity index (χ4n) is 3.75. The Hall–Kier alpha value is -3.11. The van der Waals surface area contributed by atoms with E-state index in [0.29, 0.717) is 31.0 Å².